The quantitative estimate of drug-likeness (QED) is 0.607. The second-order valence-corrected chi connectivity index (χ2v) is 4.52. The topological polar surface area (TPSA) is 144 Å². The first kappa shape index (κ1) is 11.5. The second kappa shape index (κ2) is 3.94. The van der Waals surface area contributed by atoms with Crippen molar-refractivity contribution in [3.05, 3.63) is 23.1 Å². The third kappa shape index (κ3) is 1.96. The van der Waals surface area contributed by atoms with Crippen molar-refractivity contribution in [1.82, 2.24) is 20.2 Å². The molecule has 19 heavy (non-hydrogen) atoms. The summed E-state index contributed by atoms with van der Waals surface area (Å²) in [5.74, 6) is -0.784. The number of imidazole rings is 1. The maximum Gasteiger partial charge on any atom is 0.269 e. The Kier molecular flexibility index (Phi) is 2.37. The molecule has 0 bridgehead atoms. The molecule has 2 aromatic rings. The zero-order chi connectivity index (χ0) is 13.6. The van der Waals surface area contributed by atoms with Gasteiger partial charge in [0.1, 0.15) is 11.4 Å². The molecule has 98 valence electrons. The highest BCUT2D eigenvalue weighted by molar-refractivity contribution is 6.04. The Morgan fingerprint density at radius 1 is 1.26 bits per heavy atom. The third-order valence-electron chi connectivity index (χ3n) is 3.04. The summed E-state index contributed by atoms with van der Waals surface area (Å²) in [5.41, 5.74) is 11.6. The lowest BCUT2D eigenvalue weighted by atomic mass is 10.2. The number of nitrogens with one attached hydrogen (secondary N) is 2. The van der Waals surface area contributed by atoms with Crippen LogP contribution in [-0.4, -0.2) is 32.0 Å². The van der Waals surface area contributed by atoms with E-state index in [0.717, 1.165) is 18.5 Å². The third-order valence-corrected chi connectivity index (χ3v) is 3.04. The normalized spacial score (nSPS) is 14.5. The van der Waals surface area contributed by atoms with Crippen molar-refractivity contribution in [1.29, 1.82) is 0 Å². The lowest BCUT2D eigenvalue weighted by Gasteiger charge is -1.90. The number of carbonyl (C=O) groups is 2. The van der Waals surface area contributed by atoms with E-state index in [4.69, 9.17) is 11.5 Å². The minimum atomic E-state index is -0.811. The van der Waals surface area contributed by atoms with Crippen LogP contribution in [0.2, 0.25) is 0 Å². The van der Waals surface area contributed by atoms with Gasteiger partial charge in [0.15, 0.2) is 11.5 Å². The standard InChI is InChI=1S/C11H12N6O2/c12-9(18)7-8(10(13)19)15-11(14-7)6-3-5(16-17-6)4-1-2-4/h3-4H,1-2H2,(H2,12,18)(H2,13,19)(H,14,15)(H,16,17). The van der Waals surface area contributed by atoms with Gasteiger partial charge in [0, 0.05) is 11.6 Å². The first-order valence-electron chi connectivity index (χ1n) is 5.81. The van der Waals surface area contributed by atoms with Gasteiger partial charge >= 0.3 is 0 Å². The summed E-state index contributed by atoms with van der Waals surface area (Å²) in [7, 11) is 0. The summed E-state index contributed by atoms with van der Waals surface area (Å²) in [6.45, 7) is 0. The van der Waals surface area contributed by atoms with E-state index < -0.39 is 11.8 Å². The SMILES string of the molecule is NC(=O)c1nc(-c2cc(C3CC3)[nH]n2)[nH]c1C(N)=O. The van der Waals surface area contributed by atoms with Crippen LogP contribution in [0.4, 0.5) is 0 Å². The highest BCUT2D eigenvalue weighted by atomic mass is 16.2. The van der Waals surface area contributed by atoms with Gasteiger partial charge in [-0.15, -0.1) is 0 Å². The number of primary amides is 2. The van der Waals surface area contributed by atoms with E-state index in [-0.39, 0.29) is 11.4 Å². The van der Waals surface area contributed by atoms with Crippen molar-refractivity contribution in [2.75, 3.05) is 0 Å². The fourth-order valence-electron chi connectivity index (χ4n) is 1.91. The van der Waals surface area contributed by atoms with Crippen molar-refractivity contribution < 1.29 is 9.59 Å². The Bertz CT molecular complexity index is 635. The van der Waals surface area contributed by atoms with Gasteiger partial charge in [-0.3, -0.25) is 14.7 Å². The molecule has 2 amide bonds. The molecule has 0 aliphatic heterocycles. The monoisotopic (exact) mass is 260 g/mol. The van der Waals surface area contributed by atoms with E-state index >= 15 is 0 Å². The van der Waals surface area contributed by atoms with Gasteiger partial charge in [0.25, 0.3) is 11.8 Å². The van der Waals surface area contributed by atoms with Crippen LogP contribution in [0.15, 0.2) is 6.07 Å². The zero-order valence-electron chi connectivity index (χ0n) is 9.93. The minimum absolute atomic E-state index is 0.0986. The first-order valence-corrected chi connectivity index (χ1v) is 5.81. The van der Waals surface area contributed by atoms with E-state index in [1.807, 2.05) is 6.07 Å². The van der Waals surface area contributed by atoms with Crippen LogP contribution in [0, 0.1) is 0 Å². The molecule has 8 heteroatoms. The van der Waals surface area contributed by atoms with Gasteiger partial charge in [0.05, 0.1) is 0 Å². The number of H-pyrrole nitrogens is 2. The van der Waals surface area contributed by atoms with E-state index in [0.29, 0.717) is 17.4 Å². The largest absolute Gasteiger partial charge is 0.364 e. The number of rotatable bonds is 4. The van der Waals surface area contributed by atoms with E-state index in [1.54, 1.807) is 0 Å². The van der Waals surface area contributed by atoms with Gasteiger partial charge in [-0.2, -0.15) is 5.10 Å². The van der Waals surface area contributed by atoms with Gasteiger partial charge < -0.3 is 16.5 Å². The zero-order valence-corrected chi connectivity index (χ0v) is 9.93. The Hall–Kier alpha value is -2.64. The molecular formula is C11H12N6O2. The van der Waals surface area contributed by atoms with E-state index in [1.165, 1.54) is 0 Å². The first-order chi connectivity index (χ1) is 9.06. The molecule has 8 nitrogen and oxygen atoms in total. The molecule has 1 saturated carbocycles. The second-order valence-electron chi connectivity index (χ2n) is 4.52. The summed E-state index contributed by atoms with van der Waals surface area (Å²) in [6, 6.07) is 1.84. The summed E-state index contributed by atoms with van der Waals surface area (Å²) in [5, 5.41) is 7.01. The van der Waals surface area contributed by atoms with E-state index in [9.17, 15) is 9.59 Å². The summed E-state index contributed by atoms with van der Waals surface area (Å²) in [6.07, 6.45) is 2.28. The molecule has 0 atom stereocenters. The number of hydrogen-bond acceptors (Lipinski definition) is 4. The lowest BCUT2D eigenvalue weighted by Crippen LogP contribution is -2.20. The smallest absolute Gasteiger partial charge is 0.269 e. The fourth-order valence-corrected chi connectivity index (χ4v) is 1.91. The van der Waals surface area contributed by atoms with Gasteiger partial charge in [-0.1, -0.05) is 0 Å². The van der Waals surface area contributed by atoms with Crippen molar-refractivity contribution in [2.45, 2.75) is 18.8 Å². The maximum atomic E-state index is 11.2. The summed E-state index contributed by atoms with van der Waals surface area (Å²) >= 11 is 0. The summed E-state index contributed by atoms with van der Waals surface area (Å²) in [4.78, 5) is 29.1. The summed E-state index contributed by atoms with van der Waals surface area (Å²) < 4.78 is 0. The van der Waals surface area contributed by atoms with Crippen LogP contribution in [-0.2, 0) is 0 Å². The van der Waals surface area contributed by atoms with Crippen LogP contribution in [0.3, 0.4) is 0 Å². The number of nitrogens with zero attached hydrogens (tertiary/aromatic N) is 2. The predicted molar refractivity (Wildman–Crippen MR) is 65.2 cm³/mol. The van der Waals surface area contributed by atoms with Crippen molar-refractivity contribution in [3.8, 4) is 11.5 Å². The van der Waals surface area contributed by atoms with Crippen LogP contribution >= 0.6 is 0 Å². The number of nitrogens with two attached hydrogens (primary N) is 2. The van der Waals surface area contributed by atoms with Crippen LogP contribution in [0.5, 0.6) is 0 Å². The molecule has 0 aromatic carbocycles. The Balaban J connectivity index is 2.01. The van der Waals surface area contributed by atoms with Gasteiger partial charge in [-0.05, 0) is 18.9 Å². The Morgan fingerprint density at radius 2 is 2.00 bits per heavy atom. The number of amides is 2. The number of hydrogen-bond donors (Lipinski definition) is 4. The minimum Gasteiger partial charge on any atom is -0.364 e. The highest BCUT2D eigenvalue weighted by Crippen LogP contribution is 2.39. The molecule has 2 aromatic heterocycles. The molecule has 1 fully saturated rings. The Labute approximate surface area is 107 Å². The van der Waals surface area contributed by atoms with Gasteiger partial charge in [-0.25, -0.2) is 4.98 Å². The fraction of sp³-hybridized carbons (Fsp3) is 0.273. The predicted octanol–water partition coefficient (Wildman–Crippen LogP) is -0.125. The molecule has 0 spiro atoms. The number of aromatic amines is 2. The van der Waals surface area contributed by atoms with Crippen LogP contribution < -0.4 is 11.5 Å². The number of carbonyl (C=O) groups excluding carboxylic acids is 2. The van der Waals surface area contributed by atoms with Crippen molar-refractivity contribution >= 4 is 11.8 Å². The number of aromatic nitrogens is 4. The van der Waals surface area contributed by atoms with Crippen LogP contribution in [0.25, 0.3) is 11.5 Å². The molecule has 1 aliphatic rings. The molecule has 2 heterocycles. The van der Waals surface area contributed by atoms with Crippen LogP contribution in [0.1, 0.15) is 45.4 Å². The van der Waals surface area contributed by atoms with Crippen molar-refractivity contribution in [2.24, 2.45) is 11.5 Å². The lowest BCUT2D eigenvalue weighted by molar-refractivity contribution is 0.0962. The maximum absolute atomic E-state index is 11.2. The molecule has 0 saturated heterocycles. The average Bonchev–Trinajstić information content (AvgIpc) is 2.93. The van der Waals surface area contributed by atoms with Crippen molar-refractivity contribution in [3.63, 3.8) is 0 Å². The molecule has 0 unspecified atom stereocenters. The molecule has 6 N–H and O–H groups in total. The highest BCUT2D eigenvalue weighted by Gasteiger charge is 2.27. The molecular weight excluding hydrogens is 248 g/mol. The van der Waals surface area contributed by atoms with E-state index in [2.05, 4.69) is 20.2 Å². The van der Waals surface area contributed by atoms with Gasteiger partial charge in [0.2, 0.25) is 0 Å². The average molecular weight is 260 g/mol. The molecule has 0 radical (unpaired) electrons. The molecule has 3 rings (SSSR count). The molecule has 1 aliphatic carbocycles. The Morgan fingerprint density at radius 3 is 2.53 bits per heavy atom.